The SMILES string of the molecule is COc1cccc(CN2CCN(Cc3nc(C(=O)N4CCC(C)CC4)co3)CC2)c1OC. The van der Waals surface area contributed by atoms with Gasteiger partial charge in [-0.25, -0.2) is 4.98 Å². The minimum atomic E-state index is -0.0102. The van der Waals surface area contributed by atoms with Crippen molar-refractivity contribution < 1.29 is 18.7 Å². The highest BCUT2D eigenvalue weighted by atomic mass is 16.5. The molecule has 2 aliphatic heterocycles. The lowest BCUT2D eigenvalue weighted by atomic mass is 9.99. The molecule has 0 aliphatic carbocycles. The van der Waals surface area contributed by atoms with Crippen molar-refractivity contribution in [3.8, 4) is 11.5 Å². The fourth-order valence-corrected chi connectivity index (χ4v) is 4.47. The predicted molar refractivity (Wildman–Crippen MR) is 121 cm³/mol. The lowest BCUT2D eigenvalue weighted by molar-refractivity contribution is 0.0691. The van der Waals surface area contributed by atoms with Gasteiger partial charge in [0, 0.05) is 51.4 Å². The number of amides is 1. The molecule has 0 unspecified atom stereocenters. The molecule has 0 saturated carbocycles. The third-order valence-electron chi connectivity index (χ3n) is 6.54. The van der Waals surface area contributed by atoms with Gasteiger partial charge in [-0.05, 0) is 24.8 Å². The predicted octanol–water partition coefficient (Wildman–Crippen LogP) is 2.88. The smallest absolute Gasteiger partial charge is 0.275 e. The number of rotatable bonds is 7. The second kappa shape index (κ2) is 10.4. The summed E-state index contributed by atoms with van der Waals surface area (Å²) in [6.07, 6.45) is 3.63. The second-order valence-electron chi connectivity index (χ2n) is 8.81. The van der Waals surface area contributed by atoms with Gasteiger partial charge in [0.05, 0.1) is 20.8 Å². The number of hydrogen-bond acceptors (Lipinski definition) is 7. The highest BCUT2D eigenvalue weighted by Gasteiger charge is 2.25. The maximum atomic E-state index is 12.7. The Hall–Kier alpha value is -2.58. The first-order chi connectivity index (χ1) is 15.6. The Morgan fingerprint density at radius 3 is 2.38 bits per heavy atom. The third kappa shape index (κ3) is 5.24. The first-order valence-corrected chi connectivity index (χ1v) is 11.5. The minimum Gasteiger partial charge on any atom is -0.493 e. The summed E-state index contributed by atoms with van der Waals surface area (Å²) in [5.41, 5.74) is 1.56. The van der Waals surface area contributed by atoms with Crippen molar-refractivity contribution >= 4 is 5.91 Å². The molecule has 8 nitrogen and oxygen atoms in total. The van der Waals surface area contributed by atoms with Gasteiger partial charge in [-0.3, -0.25) is 14.6 Å². The molecule has 174 valence electrons. The average Bonchev–Trinajstić information content (AvgIpc) is 3.28. The molecule has 0 N–H and O–H groups in total. The van der Waals surface area contributed by atoms with E-state index in [4.69, 9.17) is 13.9 Å². The summed E-state index contributed by atoms with van der Waals surface area (Å²) < 4.78 is 16.6. The molecule has 1 amide bonds. The highest BCUT2D eigenvalue weighted by molar-refractivity contribution is 5.92. The molecule has 0 radical (unpaired) electrons. The van der Waals surface area contributed by atoms with E-state index in [1.54, 1.807) is 14.2 Å². The Labute approximate surface area is 190 Å². The van der Waals surface area contributed by atoms with Crippen molar-refractivity contribution in [2.75, 3.05) is 53.5 Å². The molecule has 4 rings (SSSR count). The van der Waals surface area contributed by atoms with Crippen molar-refractivity contribution in [3.63, 3.8) is 0 Å². The number of aromatic nitrogens is 1. The van der Waals surface area contributed by atoms with Crippen molar-refractivity contribution in [1.29, 1.82) is 0 Å². The largest absolute Gasteiger partial charge is 0.493 e. The maximum Gasteiger partial charge on any atom is 0.275 e. The van der Waals surface area contributed by atoms with Gasteiger partial charge in [0.25, 0.3) is 5.91 Å². The van der Waals surface area contributed by atoms with Crippen molar-refractivity contribution in [1.82, 2.24) is 19.7 Å². The number of nitrogens with zero attached hydrogens (tertiary/aromatic N) is 4. The summed E-state index contributed by atoms with van der Waals surface area (Å²) in [7, 11) is 3.34. The maximum absolute atomic E-state index is 12.7. The summed E-state index contributed by atoms with van der Waals surface area (Å²) in [4.78, 5) is 23.8. The van der Waals surface area contributed by atoms with Crippen LogP contribution in [0.4, 0.5) is 0 Å². The zero-order valence-corrected chi connectivity index (χ0v) is 19.4. The summed E-state index contributed by atoms with van der Waals surface area (Å²) in [5.74, 6) is 2.86. The molecule has 32 heavy (non-hydrogen) atoms. The number of likely N-dealkylation sites (tertiary alicyclic amines) is 1. The van der Waals surface area contributed by atoms with E-state index in [0.29, 0.717) is 24.0 Å². The van der Waals surface area contributed by atoms with Gasteiger partial charge in [-0.2, -0.15) is 0 Å². The molecule has 0 spiro atoms. The average molecular weight is 443 g/mol. The highest BCUT2D eigenvalue weighted by Crippen LogP contribution is 2.31. The number of ether oxygens (including phenoxy) is 2. The van der Waals surface area contributed by atoms with Crippen molar-refractivity contribution in [2.45, 2.75) is 32.9 Å². The van der Waals surface area contributed by atoms with Gasteiger partial charge >= 0.3 is 0 Å². The summed E-state index contributed by atoms with van der Waals surface area (Å²) >= 11 is 0. The molecule has 0 bridgehead atoms. The normalized spacial score (nSPS) is 18.7. The van der Waals surface area contributed by atoms with Gasteiger partial charge < -0.3 is 18.8 Å². The van der Waals surface area contributed by atoms with Crippen LogP contribution in [0.3, 0.4) is 0 Å². The van der Waals surface area contributed by atoms with Crippen LogP contribution < -0.4 is 9.47 Å². The molecule has 3 heterocycles. The van der Waals surface area contributed by atoms with Crippen LogP contribution in [-0.4, -0.2) is 79.1 Å². The van der Waals surface area contributed by atoms with E-state index in [-0.39, 0.29) is 5.91 Å². The molecule has 1 aromatic carbocycles. The van der Waals surface area contributed by atoms with Gasteiger partial charge in [-0.15, -0.1) is 0 Å². The number of carbonyl (C=O) groups excluding carboxylic acids is 1. The van der Waals surface area contributed by atoms with Gasteiger partial charge in [0.15, 0.2) is 17.2 Å². The third-order valence-corrected chi connectivity index (χ3v) is 6.54. The van der Waals surface area contributed by atoms with E-state index < -0.39 is 0 Å². The molecule has 8 heteroatoms. The van der Waals surface area contributed by atoms with Crippen molar-refractivity contribution in [2.24, 2.45) is 5.92 Å². The number of hydrogen-bond donors (Lipinski definition) is 0. The standard InChI is InChI=1S/C24H34N4O4/c1-18-7-9-28(10-8-18)24(29)20-17-32-22(25-20)16-27-13-11-26(12-14-27)15-19-5-4-6-21(30-2)23(19)31-3/h4-6,17-18H,7-16H2,1-3H3. The van der Waals surface area contributed by atoms with Crippen LogP contribution in [0.5, 0.6) is 11.5 Å². The van der Waals surface area contributed by atoms with Crippen LogP contribution in [-0.2, 0) is 13.1 Å². The molecule has 2 aromatic rings. The van der Waals surface area contributed by atoms with Crippen LogP contribution >= 0.6 is 0 Å². The van der Waals surface area contributed by atoms with E-state index in [1.165, 1.54) is 6.26 Å². The lowest BCUT2D eigenvalue weighted by Crippen LogP contribution is -2.45. The number of carbonyl (C=O) groups is 1. The first-order valence-electron chi connectivity index (χ1n) is 11.5. The van der Waals surface area contributed by atoms with Crippen molar-refractivity contribution in [3.05, 3.63) is 41.6 Å². The summed E-state index contributed by atoms with van der Waals surface area (Å²) in [6, 6.07) is 6.00. The molecule has 2 fully saturated rings. The zero-order valence-electron chi connectivity index (χ0n) is 19.4. The lowest BCUT2D eigenvalue weighted by Gasteiger charge is -2.34. The van der Waals surface area contributed by atoms with E-state index in [2.05, 4.69) is 27.8 Å². The number of methoxy groups -OCH3 is 2. The fourth-order valence-electron chi connectivity index (χ4n) is 4.47. The topological polar surface area (TPSA) is 71.3 Å². The molecule has 2 aliphatic rings. The van der Waals surface area contributed by atoms with E-state index >= 15 is 0 Å². The molecule has 2 saturated heterocycles. The summed E-state index contributed by atoms with van der Waals surface area (Å²) in [5, 5.41) is 0. The Morgan fingerprint density at radius 1 is 1.03 bits per heavy atom. The van der Waals surface area contributed by atoms with Gasteiger partial charge in [-0.1, -0.05) is 19.1 Å². The number of para-hydroxylation sites is 1. The zero-order chi connectivity index (χ0) is 22.5. The number of oxazole rings is 1. The van der Waals surface area contributed by atoms with Gasteiger partial charge in [0.1, 0.15) is 6.26 Å². The molecule has 1 aromatic heterocycles. The first kappa shape index (κ1) is 22.6. The quantitative estimate of drug-likeness (QED) is 0.653. The Bertz CT molecular complexity index is 899. The van der Waals surface area contributed by atoms with E-state index in [0.717, 1.165) is 75.7 Å². The fraction of sp³-hybridized carbons (Fsp3) is 0.583. The van der Waals surface area contributed by atoms with Crippen LogP contribution in [0, 0.1) is 5.92 Å². The molecule has 0 atom stereocenters. The molecular weight excluding hydrogens is 408 g/mol. The Kier molecular flexibility index (Phi) is 7.32. The van der Waals surface area contributed by atoms with Crippen LogP contribution in [0.15, 0.2) is 28.9 Å². The van der Waals surface area contributed by atoms with E-state index in [1.807, 2.05) is 17.0 Å². The molecular formula is C24H34N4O4. The van der Waals surface area contributed by atoms with Gasteiger partial charge in [0.2, 0.25) is 5.89 Å². The number of benzene rings is 1. The van der Waals surface area contributed by atoms with Crippen LogP contribution in [0.1, 0.15) is 41.7 Å². The Morgan fingerprint density at radius 2 is 1.72 bits per heavy atom. The summed E-state index contributed by atoms with van der Waals surface area (Å²) in [6.45, 7) is 9.02. The number of piperazine rings is 1. The van der Waals surface area contributed by atoms with Crippen LogP contribution in [0.25, 0.3) is 0 Å². The van der Waals surface area contributed by atoms with E-state index in [9.17, 15) is 4.79 Å². The minimum absolute atomic E-state index is 0.0102. The second-order valence-corrected chi connectivity index (χ2v) is 8.81. The Balaban J connectivity index is 1.27. The monoisotopic (exact) mass is 442 g/mol. The van der Waals surface area contributed by atoms with Crippen LogP contribution in [0.2, 0.25) is 0 Å². The number of piperidine rings is 1.